The van der Waals surface area contributed by atoms with E-state index in [9.17, 15) is 4.79 Å². The van der Waals surface area contributed by atoms with Gasteiger partial charge in [-0.1, -0.05) is 25.1 Å². The molecule has 1 aliphatic heterocycles. The Kier molecular flexibility index (Phi) is 3.31. The van der Waals surface area contributed by atoms with Crippen LogP contribution < -0.4 is 4.90 Å². The number of hydrogen-bond donors (Lipinski definition) is 0. The molecule has 1 aliphatic rings. The molecular formula is C18H19NO. The van der Waals surface area contributed by atoms with Gasteiger partial charge in [0.05, 0.1) is 0 Å². The SMILES string of the molecule is Cc1cc(N2CC(C)Cc3ccccc32)ccc1C=O. The zero-order chi connectivity index (χ0) is 14.1. The summed E-state index contributed by atoms with van der Waals surface area (Å²) in [6.07, 6.45) is 2.06. The van der Waals surface area contributed by atoms with E-state index in [1.165, 1.54) is 16.9 Å². The van der Waals surface area contributed by atoms with Crippen LogP contribution in [0.25, 0.3) is 0 Å². The highest BCUT2D eigenvalue weighted by Gasteiger charge is 2.22. The quantitative estimate of drug-likeness (QED) is 0.761. The lowest BCUT2D eigenvalue weighted by molar-refractivity contribution is 0.112. The number of rotatable bonds is 2. The fourth-order valence-corrected chi connectivity index (χ4v) is 3.00. The van der Waals surface area contributed by atoms with Gasteiger partial charge in [-0.15, -0.1) is 0 Å². The Morgan fingerprint density at radius 1 is 1.20 bits per heavy atom. The van der Waals surface area contributed by atoms with Crippen LogP contribution in [0.15, 0.2) is 42.5 Å². The minimum absolute atomic E-state index is 0.635. The molecule has 20 heavy (non-hydrogen) atoms. The van der Waals surface area contributed by atoms with Crippen LogP contribution in [0.1, 0.15) is 28.4 Å². The van der Waals surface area contributed by atoms with E-state index in [0.29, 0.717) is 5.92 Å². The summed E-state index contributed by atoms with van der Waals surface area (Å²) in [6, 6.07) is 14.7. The lowest BCUT2D eigenvalue weighted by Gasteiger charge is -2.35. The van der Waals surface area contributed by atoms with E-state index in [1.54, 1.807) is 0 Å². The van der Waals surface area contributed by atoms with Gasteiger partial charge in [-0.05, 0) is 54.7 Å². The standard InChI is InChI=1S/C18H19NO/c1-13-9-15-5-3-4-6-18(15)19(11-13)17-8-7-16(12-20)14(2)10-17/h3-8,10,12-13H,9,11H2,1-2H3. The van der Waals surface area contributed by atoms with Crippen molar-refractivity contribution in [1.82, 2.24) is 0 Å². The highest BCUT2D eigenvalue weighted by atomic mass is 16.1. The van der Waals surface area contributed by atoms with E-state index in [2.05, 4.69) is 42.2 Å². The van der Waals surface area contributed by atoms with Crippen molar-refractivity contribution in [3.8, 4) is 0 Å². The van der Waals surface area contributed by atoms with Crippen molar-refractivity contribution in [2.24, 2.45) is 5.92 Å². The van der Waals surface area contributed by atoms with Crippen LogP contribution in [0.3, 0.4) is 0 Å². The van der Waals surface area contributed by atoms with Crippen LogP contribution in [0, 0.1) is 12.8 Å². The number of aryl methyl sites for hydroxylation is 1. The number of aldehydes is 1. The van der Waals surface area contributed by atoms with E-state index in [-0.39, 0.29) is 0 Å². The molecule has 0 bridgehead atoms. The second kappa shape index (κ2) is 5.12. The first-order chi connectivity index (χ1) is 9.69. The summed E-state index contributed by atoms with van der Waals surface area (Å²) in [5.41, 5.74) is 5.68. The molecule has 0 fully saturated rings. The highest BCUT2D eigenvalue weighted by molar-refractivity contribution is 5.79. The van der Waals surface area contributed by atoms with E-state index in [0.717, 1.165) is 30.4 Å². The maximum Gasteiger partial charge on any atom is 0.150 e. The van der Waals surface area contributed by atoms with Crippen molar-refractivity contribution in [2.45, 2.75) is 20.3 Å². The smallest absolute Gasteiger partial charge is 0.150 e. The summed E-state index contributed by atoms with van der Waals surface area (Å²) in [4.78, 5) is 13.3. The molecular weight excluding hydrogens is 246 g/mol. The third-order valence-electron chi connectivity index (χ3n) is 4.04. The van der Waals surface area contributed by atoms with Crippen molar-refractivity contribution >= 4 is 17.7 Å². The zero-order valence-electron chi connectivity index (χ0n) is 12.0. The third kappa shape index (κ3) is 2.22. The number of carbonyl (C=O) groups is 1. The van der Waals surface area contributed by atoms with Gasteiger partial charge in [-0.2, -0.15) is 0 Å². The van der Waals surface area contributed by atoms with Gasteiger partial charge in [0.15, 0.2) is 0 Å². The number of hydrogen-bond acceptors (Lipinski definition) is 2. The van der Waals surface area contributed by atoms with Crippen molar-refractivity contribution < 1.29 is 4.79 Å². The number of carbonyl (C=O) groups excluding carboxylic acids is 1. The van der Waals surface area contributed by atoms with Gasteiger partial charge in [0.2, 0.25) is 0 Å². The molecule has 0 spiro atoms. The summed E-state index contributed by atoms with van der Waals surface area (Å²) in [7, 11) is 0. The highest BCUT2D eigenvalue weighted by Crippen LogP contribution is 2.35. The molecule has 2 heteroatoms. The van der Waals surface area contributed by atoms with Crippen LogP contribution in [-0.4, -0.2) is 12.8 Å². The first-order valence-electron chi connectivity index (χ1n) is 7.10. The van der Waals surface area contributed by atoms with Crippen LogP contribution in [0.5, 0.6) is 0 Å². The van der Waals surface area contributed by atoms with E-state index < -0.39 is 0 Å². The minimum atomic E-state index is 0.635. The van der Waals surface area contributed by atoms with Crippen molar-refractivity contribution in [3.05, 3.63) is 59.2 Å². The second-order valence-electron chi connectivity index (χ2n) is 5.71. The van der Waals surface area contributed by atoms with Crippen molar-refractivity contribution in [2.75, 3.05) is 11.4 Å². The van der Waals surface area contributed by atoms with Gasteiger partial charge < -0.3 is 4.90 Å². The molecule has 1 heterocycles. The maximum absolute atomic E-state index is 11.0. The maximum atomic E-state index is 11.0. The van der Waals surface area contributed by atoms with Crippen molar-refractivity contribution in [1.29, 1.82) is 0 Å². The average molecular weight is 265 g/mol. The van der Waals surface area contributed by atoms with Crippen LogP contribution >= 0.6 is 0 Å². The molecule has 3 rings (SSSR count). The fraction of sp³-hybridized carbons (Fsp3) is 0.278. The number of para-hydroxylation sites is 1. The largest absolute Gasteiger partial charge is 0.341 e. The molecule has 1 unspecified atom stereocenters. The van der Waals surface area contributed by atoms with E-state index in [4.69, 9.17) is 0 Å². The number of fused-ring (bicyclic) bond motifs is 1. The lowest BCUT2D eigenvalue weighted by atomic mass is 9.93. The van der Waals surface area contributed by atoms with Crippen molar-refractivity contribution in [3.63, 3.8) is 0 Å². The van der Waals surface area contributed by atoms with E-state index >= 15 is 0 Å². The molecule has 0 saturated heterocycles. The normalized spacial score (nSPS) is 17.7. The summed E-state index contributed by atoms with van der Waals surface area (Å²) in [5.74, 6) is 0.635. The first-order valence-corrected chi connectivity index (χ1v) is 7.10. The molecule has 0 aliphatic carbocycles. The summed E-state index contributed by atoms with van der Waals surface area (Å²) >= 11 is 0. The first kappa shape index (κ1) is 12.9. The number of benzene rings is 2. The monoisotopic (exact) mass is 265 g/mol. The predicted molar refractivity (Wildman–Crippen MR) is 82.9 cm³/mol. The Labute approximate surface area is 120 Å². The van der Waals surface area contributed by atoms with Gasteiger partial charge in [0.25, 0.3) is 0 Å². The molecule has 0 saturated carbocycles. The summed E-state index contributed by atoms with van der Waals surface area (Å²) < 4.78 is 0. The van der Waals surface area contributed by atoms with E-state index in [1.807, 2.05) is 19.1 Å². The molecule has 102 valence electrons. The fourth-order valence-electron chi connectivity index (χ4n) is 3.00. The van der Waals surface area contributed by atoms with Crippen LogP contribution in [0.4, 0.5) is 11.4 Å². The van der Waals surface area contributed by atoms with Crippen LogP contribution in [0.2, 0.25) is 0 Å². The average Bonchev–Trinajstić information content (AvgIpc) is 2.46. The topological polar surface area (TPSA) is 20.3 Å². The summed E-state index contributed by atoms with van der Waals surface area (Å²) in [5, 5.41) is 0. The Hall–Kier alpha value is -2.09. The minimum Gasteiger partial charge on any atom is -0.341 e. The van der Waals surface area contributed by atoms with Crippen LogP contribution in [-0.2, 0) is 6.42 Å². The third-order valence-corrected chi connectivity index (χ3v) is 4.04. The predicted octanol–water partition coefficient (Wildman–Crippen LogP) is 4.14. The van der Waals surface area contributed by atoms with Gasteiger partial charge in [0, 0.05) is 23.5 Å². The molecule has 2 aromatic carbocycles. The number of nitrogens with zero attached hydrogens (tertiary/aromatic N) is 1. The second-order valence-corrected chi connectivity index (χ2v) is 5.71. The Morgan fingerprint density at radius 3 is 2.75 bits per heavy atom. The molecule has 0 N–H and O–H groups in total. The Morgan fingerprint density at radius 2 is 2.00 bits per heavy atom. The lowest BCUT2D eigenvalue weighted by Crippen LogP contribution is -2.30. The molecule has 1 atom stereocenters. The van der Waals surface area contributed by atoms with Gasteiger partial charge in [-0.3, -0.25) is 4.79 Å². The Bertz CT molecular complexity index is 648. The van der Waals surface area contributed by atoms with Gasteiger partial charge in [-0.25, -0.2) is 0 Å². The zero-order valence-corrected chi connectivity index (χ0v) is 12.0. The summed E-state index contributed by atoms with van der Waals surface area (Å²) in [6.45, 7) is 5.30. The Balaban J connectivity index is 2.06. The molecule has 0 aromatic heterocycles. The molecule has 0 radical (unpaired) electrons. The molecule has 2 nitrogen and oxygen atoms in total. The van der Waals surface area contributed by atoms with Gasteiger partial charge in [0.1, 0.15) is 6.29 Å². The van der Waals surface area contributed by atoms with Gasteiger partial charge >= 0.3 is 0 Å². The molecule has 0 amide bonds. The molecule has 2 aromatic rings. The number of anilines is 2.